The van der Waals surface area contributed by atoms with Crippen molar-refractivity contribution in [2.24, 2.45) is 7.05 Å². The smallest absolute Gasteiger partial charge is 0.181 e. The van der Waals surface area contributed by atoms with Crippen LogP contribution in [-0.4, -0.2) is 14.8 Å². The van der Waals surface area contributed by atoms with Gasteiger partial charge in [0.25, 0.3) is 0 Å². The van der Waals surface area contributed by atoms with Gasteiger partial charge in [-0.25, -0.2) is 4.98 Å². The summed E-state index contributed by atoms with van der Waals surface area (Å²) in [5.41, 5.74) is 2.93. The molecule has 0 fully saturated rings. The second kappa shape index (κ2) is 4.18. The van der Waals surface area contributed by atoms with E-state index in [1.54, 1.807) is 0 Å². The molecule has 0 amide bonds. The van der Waals surface area contributed by atoms with E-state index >= 15 is 0 Å². The van der Waals surface area contributed by atoms with Gasteiger partial charge in [-0.15, -0.1) is 0 Å². The van der Waals surface area contributed by atoms with Crippen LogP contribution >= 0.6 is 15.9 Å². The van der Waals surface area contributed by atoms with Crippen molar-refractivity contribution in [3.8, 4) is 11.5 Å². The molecule has 2 heterocycles. The molecule has 0 radical (unpaired) electrons. The van der Waals surface area contributed by atoms with Crippen LogP contribution in [0.4, 0.5) is 0 Å². The zero-order chi connectivity index (χ0) is 10.8. The van der Waals surface area contributed by atoms with Gasteiger partial charge in [-0.2, -0.15) is 5.10 Å². The Labute approximate surface area is 96.4 Å². The minimum absolute atomic E-state index is 0.686. The normalized spacial score (nSPS) is 10.9. The van der Waals surface area contributed by atoms with E-state index in [4.69, 9.17) is 4.42 Å². The van der Waals surface area contributed by atoms with Gasteiger partial charge in [0.05, 0.1) is 11.4 Å². The Morgan fingerprint density at radius 2 is 2.33 bits per heavy atom. The lowest BCUT2D eigenvalue weighted by atomic mass is 10.2. The first-order chi connectivity index (χ1) is 7.26. The van der Waals surface area contributed by atoms with E-state index in [0.717, 1.165) is 29.3 Å². The highest BCUT2D eigenvalue weighted by atomic mass is 79.9. The summed E-state index contributed by atoms with van der Waals surface area (Å²) in [6.07, 6.45) is 2.39. The van der Waals surface area contributed by atoms with Gasteiger partial charge in [0, 0.05) is 12.4 Å². The van der Waals surface area contributed by atoms with Gasteiger partial charge in [-0.1, -0.05) is 22.9 Å². The van der Waals surface area contributed by atoms with Crippen LogP contribution in [0.1, 0.15) is 18.3 Å². The first kappa shape index (κ1) is 10.4. The predicted molar refractivity (Wildman–Crippen MR) is 60.7 cm³/mol. The maximum absolute atomic E-state index is 5.38. The molecule has 0 saturated carbocycles. The Bertz CT molecular complexity index is 461. The molecule has 0 aromatic carbocycles. The van der Waals surface area contributed by atoms with E-state index < -0.39 is 0 Å². The Hall–Kier alpha value is -1.10. The quantitative estimate of drug-likeness (QED) is 0.805. The van der Waals surface area contributed by atoms with E-state index in [1.807, 2.05) is 17.8 Å². The number of rotatable bonds is 3. The number of aryl methyl sites for hydroxylation is 2. The topological polar surface area (TPSA) is 43.9 Å². The standard InChI is InChI=1S/C10H12BrN3O/c1-3-7-4-9(14(2)13-7)10-8(5-11)12-6-15-10/h4,6H,3,5H2,1-2H3. The lowest BCUT2D eigenvalue weighted by molar-refractivity contribution is 0.563. The number of halogens is 1. The summed E-state index contributed by atoms with van der Waals surface area (Å²) >= 11 is 3.38. The van der Waals surface area contributed by atoms with Crippen molar-refractivity contribution in [3.05, 3.63) is 23.8 Å². The van der Waals surface area contributed by atoms with Crippen molar-refractivity contribution in [3.63, 3.8) is 0 Å². The summed E-state index contributed by atoms with van der Waals surface area (Å²) < 4.78 is 7.20. The average Bonchev–Trinajstić information content (AvgIpc) is 2.82. The molecule has 2 aromatic heterocycles. The van der Waals surface area contributed by atoms with Crippen molar-refractivity contribution in [1.29, 1.82) is 0 Å². The van der Waals surface area contributed by atoms with Gasteiger partial charge < -0.3 is 4.42 Å². The third-order valence-electron chi connectivity index (χ3n) is 2.29. The van der Waals surface area contributed by atoms with Crippen LogP contribution in [0.3, 0.4) is 0 Å². The minimum atomic E-state index is 0.686. The molecule has 80 valence electrons. The highest BCUT2D eigenvalue weighted by Gasteiger charge is 2.14. The molecule has 2 rings (SSSR count). The maximum Gasteiger partial charge on any atom is 0.181 e. The van der Waals surface area contributed by atoms with Crippen molar-refractivity contribution in [1.82, 2.24) is 14.8 Å². The molecule has 4 nitrogen and oxygen atoms in total. The van der Waals surface area contributed by atoms with Crippen molar-refractivity contribution >= 4 is 15.9 Å². The molecule has 5 heteroatoms. The van der Waals surface area contributed by atoms with Crippen LogP contribution in [-0.2, 0) is 18.8 Å². The molecule has 0 aliphatic heterocycles. The van der Waals surface area contributed by atoms with Crippen LogP contribution < -0.4 is 0 Å². The monoisotopic (exact) mass is 269 g/mol. The average molecular weight is 270 g/mol. The van der Waals surface area contributed by atoms with E-state index in [9.17, 15) is 0 Å². The van der Waals surface area contributed by atoms with Gasteiger partial charge in [0.2, 0.25) is 0 Å². The van der Waals surface area contributed by atoms with Crippen LogP contribution in [0.25, 0.3) is 11.5 Å². The van der Waals surface area contributed by atoms with Crippen LogP contribution in [0, 0.1) is 0 Å². The Balaban J connectivity index is 2.48. The number of nitrogens with zero attached hydrogens (tertiary/aromatic N) is 3. The zero-order valence-electron chi connectivity index (χ0n) is 8.70. The largest absolute Gasteiger partial charge is 0.442 e. The fraction of sp³-hybridized carbons (Fsp3) is 0.400. The lowest BCUT2D eigenvalue weighted by Crippen LogP contribution is -1.95. The molecule has 0 atom stereocenters. The fourth-order valence-corrected chi connectivity index (χ4v) is 1.88. The molecule has 0 spiro atoms. The molecule has 0 aliphatic rings. The Kier molecular flexibility index (Phi) is 2.90. The molecule has 2 aromatic rings. The number of hydrogen-bond donors (Lipinski definition) is 0. The fourth-order valence-electron chi connectivity index (χ4n) is 1.48. The Morgan fingerprint density at radius 1 is 1.53 bits per heavy atom. The zero-order valence-corrected chi connectivity index (χ0v) is 10.3. The van der Waals surface area contributed by atoms with Crippen LogP contribution in [0.15, 0.2) is 16.9 Å². The summed E-state index contributed by atoms with van der Waals surface area (Å²) in [6.45, 7) is 2.08. The van der Waals surface area contributed by atoms with Gasteiger partial charge in [0.15, 0.2) is 12.2 Å². The highest BCUT2D eigenvalue weighted by molar-refractivity contribution is 9.08. The molecular weight excluding hydrogens is 258 g/mol. The number of alkyl halides is 1. The summed E-state index contributed by atoms with van der Waals surface area (Å²) in [7, 11) is 1.91. The summed E-state index contributed by atoms with van der Waals surface area (Å²) in [6, 6.07) is 2.03. The summed E-state index contributed by atoms with van der Waals surface area (Å²) in [4.78, 5) is 4.13. The SMILES string of the molecule is CCc1cc(-c2ocnc2CBr)n(C)n1. The molecule has 0 aliphatic carbocycles. The molecule has 0 bridgehead atoms. The number of oxazole rings is 1. The molecule has 0 unspecified atom stereocenters. The van der Waals surface area contributed by atoms with E-state index in [2.05, 4.69) is 32.9 Å². The van der Waals surface area contributed by atoms with Crippen LogP contribution in [0.2, 0.25) is 0 Å². The number of aromatic nitrogens is 3. The van der Waals surface area contributed by atoms with E-state index in [0.29, 0.717) is 5.33 Å². The second-order valence-electron chi connectivity index (χ2n) is 3.26. The van der Waals surface area contributed by atoms with Gasteiger partial charge in [0.1, 0.15) is 5.69 Å². The van der Waals surface area contributed by atoms with E-state index in [1.165, 1.54) is 6.39 Å². The van der Waals surface area contributed by atoms with Gasteiger partial charge in [-0.05, 0) is 12.5 Å². The highest BCUT2D eigenvalue weighted by Crippen LogP contribution is 2.24. The van der Waals surface area contributed by atoms with Crippen molar-refractivity contribution in [2.45, 2.75) is 18.7 Å². The Morgan fingerprint density at radius 3 is 2.93 bits per heavy atom. The number of hydrogen-bond acceptors (Lipinski definition) is 3. The first-order valence-corrected chi connectivity index (χ1v) is 5.90. The molecule has 0 N–H and O–H groups in total. The van der Waals surface area contributed by atoms with Crippen LogP contribution in [0.5, 0.6) is 0 Å². The van der Waals surface area contributed by atoms with Crippen molar-refractivity contribution < 1.29 is 4.42 Å². The summed E-state index contributed by atoms with van der Waals surface area (Å²) in [5.74, 6) is 0.793. The first-order valence-electron chi connectivity index (χ1n) is 4.77. The summed E-state index contributed by atoms with van der Waals surface area (Å²) in [5, 5.41) is 5.06. The second-order valence-corrected chi connectivity index (χ2v) is 3.82. The van der Waals surface area contributed by atoms with Crippen molar-refractivity contribution in [2.75, 3.05) is 0 Å². The minimum Gasteiger partial charge on any atom is -0.442 e. The molecule has 0 saturated heterocycles. The van der Waals surface area contributed by atoms with E-state index in [-0.39, 0.29) is 0 Å². The molecule has 15 heavy (non-hydrogen) atoms. The van der Waals surface area contributed by atoms with Gasteiger partial charge in [-0.3, -0.25) is 4.68 Å². The predicted octanol–water partition coefficient (Wildman–Crippen LogP) is 2.53. The maximum atomic E-state index is 5.38. The third kappa shape index (κ3) is 1.84. The third-order valence-corrected chi connectivity index (χ3v) is 2.82. The van der Waals surface area contributed by atoms with Gasteiger partial charge >= 0.3 is 0 Å². The lowest BCUT2D eigenvalue weighted by Gasteiger charge is -1.97. The molecular formula is C10H12BrN3O.